The third kappa shape index (κ3) is 5.70. The number of carbonyl (C=O) groups is 1. The summed E-state index contributed by atoms with van der Waals surface area (Å²) in [5.74, 6) is 0.275. The highest BCUT2D eigenvalue weighted by Gasteiger charge is 2.15. The Morgan fingerprint density at radius 2 is 2.11 bits per heavy atom. The fourth-order valence-corrected chi connectivity index (χ4v) is 1.87. The van der Waals surface area contributed by atoms with E-state index in [0.717, 1.165) is 19.3 Å². The Morgan fingerprint density at radius 1 is 1.37 bits per heavy atom. The number of hydrogen-bond acceptors (Lipinski definition) is 2. The van der Waals surface area contributed by atoms with Crippen LogP contribution in [0.4, 0.5) is 0 Å². The van der Waals surface area contributed by atoms with Crippen LogP contribution in [0.25, 0.3) is 0 Å². The summed E-state index contributed by atoms with van der Waals surface area (Å²) >= 11 is 11.8. The number of hydrogen-bond donors (Lipinski definition) is 1. The minimum absolute atomic E-state index is 0.146. The van der Waals surface area contributed by atoms with Gasteiger partial charge in [0, 0.05) is 17.6 Å². The van der Waals surface area contributed by atoms with Crippen molar-refractivity contribution in [3.8, 4) is 5.75 Å². The van der Waals surface area contributed by atoms with E-state index in [1.165, 1.54) is 0 Å². The molecule has 0 aliphatic rings. The molecule has 3 nitrogen and oxygen atoms in total. The molecule has 0 aromatic heterocycles. The van der Waals surface area contributed by atoms with E-state index in [4.69, 9.17) is 27.9 Å². The highest BCUT2D eigenvalue weighted by molar-refractivity contribution is 6.34. The first kappa shape index (κ1) is 16.1. The van der Waals surface area contributed by atoms with Crippen molar-refractivity contribution in [2.45, 2.75) is 39.2 Å². The predicted molar refractivity (Wildman–Crippen MR) is 79.1 cm³/mol. The standard InChI is InChI=1S/C14H19Cl2NO2/c1-3-4-5-8-17-14(18)10(2)19-13-9-11(15)6-7-12(13)16/h6-7,9-10H,3-5,8H2,1-2H3,(H,17,18). The molecule has 106 valence electrons. The normalized spacial score (nSPS) is 12.0. The summed E-state index contributed by atoms with van der Waals surface area (Å²) < 4.78 is 5.52. The molecule has 19 heavy (non-hydrogen) atoms. The SMILES string of the molecule is CCCCCNC(=O)C(C)Oc1cc(Cl)ccc1Cl. The van der Waals surface area contributed by atoms with E-state index in [1.54, 1.807) is 25.1 Å². The molecule has 0 spiro atoms. The van der Waals surface area contributed by atoms with Crippen LogP contribution in [0, 0.1) is 0 Å². The van der Waals surface area contributed by atoms with Gasteiger partial charge in [0.25, 0.3) is 5.91 Å². The smallest absolute Gasteiger partial charge is 0.260 e. The predicted octanol–water partition coefficient (Wildman–Crippen LogP) is 4.07. The molecule has 1 aromatic carbocycles. The second-order valence-corrected chi connectivity index (χ2v) is 5.18. The van der Waals surface area contributed by atoms with Crippen LogP contribution in [0.2, 0.25) is 10.0 Å². The van der Waals surface area contributed by atoms with Crippen molar-refractivity contribution >= 4 is 29.1 Å². The number of benzene rings is 1. The van der Waals surface area contributed by atoms with Gasteiger partial charge in [0.2, 0.25) is 0 Å². The Bertz CT molecular complexity index is 424. The van der Waals surface area contributed by atoms with Crippen LogP contribution < -0.4 is 10.1 Å². The minimum Gasteiger partial charge on any atom is -0.479 e. The quantitative estimate of drug-likeness (QED) is 0.771. The summed E-state index contributed by atoms with van der Waals surface area (Å²) in [7, 11) is 0. The average Bonchev–Trinajstić information content (AvgIpc) is 2.38. The molecule has 1 N–H and O–H groups in total. The fourth-order valence-electron chi connectivity index (χ4n) is 1.54. The van der Waals surface area contributed by atoms with Crippen LogP contribution in [0.15, 0.2) is 18.2 Å². The van der Waals surface area contributed by atoms with Gasteiger partial charge in [-0.3, -0.25) is 4.79 Å². The zero-order valence-corrected chi connectivity index (χ0v) is 12.7. The summed E-state index contributed by atoms with van der Waals surface area (Å²) in [6.07, 6.45) is 2.61. The Kier molecular flexibility index (Phi) is 7.03. The Labute approximate surface area is 124 Å². The molecule has 1 atom stereocenters. The topological polar surface area (TPSA) is 38.3 Å². The van der Waals surface area contributed by atoms with Gasteiger partial charge in [0.05, 0.1) is 5.02 Å². The van der Waals surface area contributed by atoms with E-state index in [2.05, 4.69) is 12.2 Å². The number of rotatable bonds is 7. The zero-order valence-electron chi connectivity index (χ0n) is 11.2. The second-order valence-electron chi connectivity index (χ2n) is 4.33. The van der Waals surface area contributed by atoms with Crippen LogP contribution in [0.1, 0.15) is 33.1 Å². The Balaban J connectivity index is 2.47. The molecule has 1 aromatic rings. The first-order chi connectivity index (χ1) is 9.04. The number of ether oxygens (including phenoxy) is 1. The summed E-state index contributed by atoms with van der Waals surface area (Å²) in [6, 6.07) is 4.92. The van der Waals surface area contributed by atoms with Gasteiger partial charge in [-0.05, 0) is 25.5 Å². The van der Waals surface area contributed by atoms with Crippen molar-refractivity contribution in [2.24, 2.45) is 0 Å². The minimum atomic E-state index is -0.599. The molecular weight excluding hydrogens is 285 g/mol. The maximum atomic E-state index is 11.8. The van der Waals surface area contributed by atoms with Gasteiger partial charge in [-0.15, -0.1) is 0 Å². The number of halogens is 2. The van der Waals surface area contributed by atoms with E-state index in [-0.39, 0.29) is 5.91 Å². The highest BCUT2D eigenvalue weighted by Crippen LogP contribution is 2.28. The largest absolute Gasteiger partial charge is 0.479 e. The first-order valence-electron chi connectivity index (χ1n) is 6.44. The second kappa shape index (κ2) is 8.28. The van der Waals surface area contributed by atoms with Crippen LogP contribution in [-0.4, -0.2) is 18.6 Å². The van der Waals surface area contributed by atoms with Gasteiger partial charge in [0.15, 0.2) is 6.10 Å². The van der Waals surface area contributed by atoms with Gasteiger partial charge < -0.3 is 10.1 Å². The molecule has 0 saturated carbocycles. The number of unbranched alkanes of at least 4 members (excludes halogenated alkanes) is 2. The maximum Gasteiger partial charge on any atom is 0.260 e. The van der Waals surface area contributed by atoms with Gasteiger partial charge in [-0.1, -0.05) is 43.0 Å². The van der Waals surface area contributed by atoms with E-state index in [9.17, 15) is 4.79 Å². The molecular formula is C14H19Cl2NO2. The van der Waals surface area contributed by atoms with Crippen LogP contribution in [0.5, 0.6) is 5.75 Å². The maximum absolute atomic E-state index is 11.8. The van der Waals surface area contributed by atoms with Crippen molar-refractivity contribution in [3.63, 3.8) is 0 Å². The van der Waals surface area contributed by atoms with E-state index in [0.29, 0.717) is 22.3 Å². The van der Waals surface area contributed by atoms with E-state index < -0.39 is 6.10 Å². The highest BCUT2D eigenvalue weighted by atomic mass is 35.5. The van der Waals surface area contributed by atoms with Crippen molar-refractivity contribution in [2.75, 3.05) is 6.54 Å². The molecule has 1 amide bonds. The third-order valence-electron chi connectivity index (χ3n) is 2.65. The average molecular weight is 304 g/mol. The molecule has 1 unspecified atom stereocenters. The van der Waals surface area contributed by atoms with E-state index >= 15 is 0 Å². The zero-order chi connectivity index (χ0) is 14.3. The van der Waals surface area contributed by atoms with Crippen LogP contribution >= 0.6 is 23.2 Å². The lowest BCUT2D eigenvalue weighted by atomic mass is 10.2. The molecule has 0 aliphatic heterocycles. The molecule has 0 aliphatic carbocycles. The molecule has 0 saturated heterocycles. The number of amides is 1. The molecule has 0 fully saturated rings. The van der Waals surface area contributed by atoms with Crippen LogP contribution in [0.3, 0.4) is 0 Å². The van der Waals surface area contributed by atoms with Crippen molar-refractivity contribution in [3.05, 3.63) is 28.2 Å². The van der Waals surface area contributed by atoms with Crippen molar-refractivity contribution in [1.82, 2.24) is 5.32 Å². The van der Waals surface area contributed by atoms with E-state index in [1.807, 2.05) is 0 Å². The monoisotopic (exact) mass is 303 g/mol. The Hall–Kier alpha value is -0.930. The lowest BCUT2D eigenvalue weighted by molar-refractivity contribution is -0.127. The number of carbonyl (C=O) groups excluding carboxylic acids is 1. The summed E-state index contributed by atoms with van der Waals surface area (Å²) in [4.78, 5) is 11.8. The van der Waals surface area contributed by atoms with Gasteiger partial charge >= 0.3 is 0 Å². The molecule has 0 radical (unpaired) electrons. The third-order valence-corrected chi connectivity index (χ3v) is 3.19. The van der Waals surface area contributed by atoms with Gasteiger partial charge in [0.1, 0.15) is 5.75 Å². The molecule has 5 heteroatoms. The molecule has 0 heterocycles. The first-order valence-corrected chi connectivity index (χ1v) is 7.19. The number of nitrogens with one attached hydrogen (secondary N) is 1. The van der Waals surface area contributed by atoms with Gasteiger partial charge in [-0.2, -0.15) is 0 Å². The summed E-state index contributed by atoms with van der Waals surface area (Å²) in [5.41, 5.74) is 0. The van der Waals surface area contributed by atoms with Crippen LogP contribution in [-0.2, 0) is 4.79 Å². The Morgan fingerprint density at radius 3 is 2.79 bits per heavy atom. The van der Waals surface area contributed by atoms with Crippen molar-refractivity contribution < 1.29 is 9.53 Å². The summed E-state index contributed by atoms with van der Waals surface area (Å²) in [5, 5.41) is 3.79. The molecule has 1 rings (SSSR count). The molecule has 0 bridgehead atoms. The van der Waals surface area contributed by atoms with Crippen molar-refractivity contribution in [1.29, 1.82) is 0 Å². The fraction of sp³-hybridized carbons (Fsp3) is 0.500. The summed E-state index contributed by atoms with van der Waals surface area (Å²) in [6.45, 7) is 4.48. The lowest BCUT2D eigenvalue weighted by Crippen LogP contribution is -2.36. The van der Waals surface area contributed by atoms with Gasteiger partial charge in [-0.25, -0.2) is 0 Å². The lowest BCUT2D eigenvalue weighted by Gasteiger charge is -2.15.